The number of hydrogen-bond acceptors (Lipinski definition) is 5. The number of aromatic amines is 1. The van der Waals surface area contributed by atoms with Crippen LogP contribution in [0.25, 0.3) is 10.2 Å². The Morgan fingerprint density at radius 2 is 2.27 bits per heavy atom. The summed E-state index contributed by atoms with van der Waals surface area (Å²) < 4.78 is 8.63. The lowest BCUT2D eigenvalue weighted by atomic mass is 10.1. The summed E-state index contributed by atoms with van der Waals surface area (Å²) in [6.45, 7) is 2.28. The topological polar surface area (TPSA) is 72.8 Å². The van der Waals surface area contributed by atoms with Crippen LogP contribution in [-0.2, 0) is 13.7 Å². The van der Waals surface area contributed by atoms with Gasteiger partial charge in [0.05, 0.1) is 15.2 Å². The molecule has 1 N–H and O–H groups in total. The van der Waals surface area contributed by atoms with Gasteiger partial charge < -0.3 is 4.74 Å². The van der Waals surface area contributed by atoms with Gasteiger partial charge in [0.15, 0.2) is 5.82 Å². The van der Waals surface area contributed by atoms with Crippen LogP contribution in [0.1, 0.15) is 35.2 Å². The molecule has 1 aliphatic carbocycles. The van der Waals surface area contributed by atoms with Crippen LogP contribution >= 0.6 is 11.3 Å². The zero-order valence-electron chi connectivity index (χ0n) is 12.4. The molecule has 0 amide bonds. The minimum atomic E-state index is -0.230. The zero-order valence-corrected chi connectivity index (χ0v) is 13.2. The van der Waals surface area contributed by atoms with Gasteiger partial charge in [-0.3, -0.25) is 4.57 Å². The molecule has 0 spiro atoms. The highest BCUT2D eigenvalue weighted by atomic mass is 32.1. The SMILES string of the molecule is Cc1nc2cc(OCc3n[nH]c(=O)n3C)c(C3CC3)cc2s1. The van der Waals surface area contributed by atoms with Gasteiger partial charge in [-0.2, -0.15) is 5.10 Å². The molecule has 0 unspecified atom stereocenters. The van der Waals surface area contributed by atoms with Gasteiger partial charge >= 0.3 is 5.69 Å². The quantitative estimate of drug-likeness (QED) is 0.802. The Balaban J connectivity index is 1.68. The van der Waals surface area contributed by atoms with Gasteiger partial charge in [-0.15, -0.1) is 11.3 Å². The lowest BCUT2D eigenvalue weighted by Crippen LogP contribution is -2.15. The van der Waals surface area contributed by atoms with Crippen molar-refractivity contribution < 1.29 is 4.74 Å². The van der Waals surface area contributed by atoms with E-state index in [1.807, 2.05) is 13.0 Å². The fraction of sp³-hybridized carbons (Fsp3) is 0.400. The number of nitrogens with zero attached hydrogens (tertiary/aromatic N) is 3. The second kappa shape index (κ2) is 4.95. The highest BCUT2D eigenvalue weighted by molar-refractivity contribution is 7.18. The minimum Gasteiger partial charge on any atom is -0.485 e. The Kier molecular flexibility index (Phi) is 3.04. The number of H-pyrrole nitrogens is 1. The molecule has 1 saturated carbocycles. The molecule has 0 aliphatic heterocycles. The third-order valence-electron chi connectivity index (χ3n) is 3.97. The molecule has 0 bridgehead atoms. The summed E-state index contributed by atoms with van der Waals surface area (Å²) >= 11 is 1.71. The monoisotopic (exact) mass is 316 g/mol. The van der Waals surface area contributed by atoms with Crippen molar-refractivity contribution in [2.24, 2.45) is 7.05 Å². The first-order valence-corrected chi connectivity index (χ1v) is 8.07. The Morgan fingerprint density at radius 3 is 2.95 bits per heavy atom. The Morgan fingerprint density at radius 1 is 1.45 bits per heavy atom. The summed E-state index contributed by atoms with van der Waals surface area (Å²) in [6.07, 6.45) is 2.42. The molecule has 1 aliphatic rings. The molecule has 2 aromatic heterocycles. The smallest absolute Gasteiger partial charge is 0.343 e. The molecule has 1 aromatic carbocycles. The number of nitrogens with one attached hydrogen (secondary N) is 1. The second-order valence-electron chi connectivity index (χ2n) is 5.66. The number of aryl methyl sites for hydroxylation is 1. The average Bonchev–Trinajstić information content (AvgIpc) is 3.20. The number of rotatable bonds is 4. The standard InChI is InChI=1S/C15H16N4O2S/c1-8-16-11-6-12(10(9-3-4-9)5-13(11)22-8)21-7-14-17-18-15(20)19(14)2/h5-6,9H,3-4,7H2,1-2H3,(H,18,20). The van der Waals surface area contributed by atoms with E-state index >= 15 is 0 Å². The summed E-state index contributed by atoms with van der Waals surface area (Å²) in [5, 5.41) is 7.46. The van der Waals surface area contributed by atoms with Gasteiger partial charge in [0.2, 0.25) is 0 Å². The molecular weight excluding hydrogens is 300 g/mol. The largest absolute Gasteiger partial charge is 0.485 e. The highest BCUT2D eigenvalue weighted by Gasteiger charge is 2.28. The highest BCUT2D eigenvalue weighted by Crippen LogP contribution is 2.46. The Hall–Kier alpha value is -2.15. The Bertz CT molecular complexity index is 904. The number of benzene rings is 1. The number of ether oxygens (including phenoxy) is 1. The lowest BCUT2D eigenvalue weighted by Gasteiger charge is -2.10. The minimum absolute atomic E-state index is 0.230. The molecule has 0 radical (unpaired) electrons. The molecule has 2 heterocycles. The van der Waals surface area contributed by atoms with Crippen LogP contribution < -0.4 is 10.4 Å². The maximum absolute atomic E-state index is 11.4. The summed E-state index contributed by atoms with van der Waals surface area (Å²) in [5.74, 6) is 2.03. The number of aromatic nitrogens is 4. The fourth-order valence-electron chi connectivity index (χ4n) is 2.57. The van der Waals surface area contributed by atoms with E-state index in [9.17, 15) is 4.79 Å². The van der Waals surface area contributed by atoms with Crippen molar-refractivity contribution in [3.8, 4) is 5.75 Å². The molecule has 7 heteroatoms. The van der Waals surface area contributed by atoms with Gasteiger partial charge in [-0.1, -0.05) is 0 Å². The zero-order chi connectivity index (χ0) is 15.3. The molecule has 0 atom stereocenters. The predicted octanol–water partition coefficient (Wildman–Crippen LogP) is 2.48. The van der Waals surface area contributed by atoms with Gasteiger partial charge in [0, 0.05) is 13.1 Å². The van der Waals surface area contributed by atoms with E-state index in [0.29, 0.717) is 11.7 Å². The van der Waals surface area contributed by atoms with Crippen molar-refractivity contribution in [1.82, 2.24) is 19.7 Å². The van der Waals surface area contributed by atoms with Gasteiger partial charge in [0.25, 0.3) is 0 Å². The molecule has 6 nitrogen and oxygen atoms in total. The van der Waals surface area contributed by atoms with Gasteiger partial charge in [0.1, 0.15) is 12.4 Å². The molecule has 4 rings (SSSR count). The van der Waals surface area contributed by atoms with E-state index in [-0.39, 0.29) is 12.3 Å². The van der Waals surface area contributed by atoms with Crippen LogP contribution in [0.3, 0.4) is 0 Å². The van der Waals surface area contributed by atoms with Crippen LogP contribution in [0.4, 0.5) is 0 Å². The van der Waals surface area contributed by atoms with E-state index < -0.39 is 0 Å². The van der Waals surface area contributed by atoms with Gasteiger partial charge in [-0.05, 0) is 37.3 Å². The van der Waals surface area contributed by atoms with Crippen molar-refractivity contribution in [2.45, 2.75) is 32.3 Å². The first-order valence-electron chi connectivity index (χ1n) is 7.26. The van der Waals surface area contributed by atoms with Crippen LogP contribution in [0.5, 0.6) is 5.75 Å². The first-order chi connectivity index (χ1) is 10.6. The van der Waals surface area contributed by atoms with Crippen molar-refractivity contribution in [3.05, 3.63) is 39.0 Å². The molecular formula is C15H16N4O2S. The van der Waals surface area contributed by atoms with Crippen molar-refractivity contribution in [2.75, 3.05) is 0 Å². The first kappa shape index (κ1) is 13.5. The summed E-state index contributed by atoms with van der Waals surface area (Å²) in [5.41, 5.74) is 1.99. The number of hydrogen-bond donors (Lipinski definition) is 1. The maximum Gasteiger partial charge on any atom is 0.343 e. The van der Waals surface area contributed by atoms with E-state index in [0.717, 1.165) is 16.3 Å². The summed E-state index contributed by atoms with van der Waals surface area (Å²) in [6, 6.07) is 4.22. The van der Waals surface area contributed by atoms with Gasteiger partial charge in [-0.25, -0.2) is 14.9 Å². The maximum atomic E-state index is 11.4. The third kappa shape index (κ3) is 2.31. The third-order valence-corrected chi connectivity index (χ3v) is 4.91. The second-order valence-corrected chi connectivity index (χ2v) is 6.89. The van der Waals surface area contributed by atoms with E-state index in [1.54, 1.807) is 18.4 Å². The van der Waals surface area contributed by atoms with E-state index in [1.165, 1.54) is 27.7 Å². The number of thiazole rings is 1. The molecule has 0 saturated heterocycles. The molecule has 22 heavy (non-hydrogen) atoms. The molecule has 3 aromatic rings. The predicted molar refractivity (Wildman–Crippen MR) is 84.5 cm³/mol. The van der Waals surface area contributed by atoms with Crippen molar-refractivity contribution in [1.29, 1.82) is 0 Å². The van der Waals surface area contributed by atoms with Crippen LogP contribution in [0, 0.1) is 6.92 Å². The van der Waals surface area contributed by atoms with Crippen LogP contribution in [-0.4, -0.2) is 19.7 Å². The normalized spacial score (nSPS) is 14.6. The lowest BCUT2D eigenvalue weighted by molar-refractivity contribution is 0.288. The van der Waals surface area contributed by atoms with Crippen molar-refractivity contribution in [3.63, 3.8) is 0 Å². The number of fused-ring (bicyclic) bond motifs is 1. The van der Waals surface area contributed by atoms with Crippen LogP contribution in [0.2, 0.25) is 0 Å². The van der Waals surface area contributed by atoms with E-state index in [4.69, 9.17) is 4.74 Å². The Labute approximate surface area is 130 Å². The molecule has 114 valence electrons. The summed E-state index contributed by atoms with van der Waals surface area (Å²) in [7, 11) is 1.68. The van der Waals surface area contributed by atoms with Crippen LogP contribution in [0.15, 0.2) is 16.9 Å². The van der Waals surface area contributed by atoms with Crippen molar-refractivity contribution >= 4 is 21.6 Å². The van der Waals surface area contributed by atoms with E-state index in [2.05, 4.69) is 21.2 Å². The average molecular weight is 316 g/mol. The summed E-state index contributed by atoms with van der Waals surface area (Å²) in [4.78, 5) is 15.9. The molecule has 1 fully saturated rings. The fourth-order valence-corrected chi connectivity index (χ4v) is 3.43.